The number of rotatable bonds is 8. The molecular weight excluding hydrogens is 404 g/mol. The van der Waals surface area contributed by atoms with E-state index < -0.39 is 0 Å². The fraction of sp³-hybridized carbons (Fsp3) is 0.968. The number of fused-ring (bicyclic) bond motifs is 5. The highest BCUT2D eigenvalue weighted by Crippen LogP contribution is 2.68. The van der Waals surface area contributed by atoms with Gasteiger partial charge in [-0.1, -0.05) is 60.8 Å². The summed E-state index contributed by atoms with van der Waals surface area (Å²) < 4.78 is 6.27. The second-order valence-corrected chi connectivity index (χ2v) is 13.7. The lowest BCUT2D eigenvalue weighted by molar-refractivity contribution is -0.192. The van der Waals surface area contributed by atoms with Gasteiger partial charge in [0.25, 0.3) is 0 Å². The maximum atomic E-state index is 12.5. The first-order valence-electron chi connectivity index (χ1n) is 14.9. The van der Waals surface area contributed by atoms with E-state index in [1.807, 2.05) is 0 Å². The van der Waals surface area contributed by atoms with Crippen LogP contribution >= 0.6 is 0 Å². The fourth-order valence-electron chi connectivity index (χ4n) is 9.92. The third-order valence-electron chi connectivity index (χ3n) is 11.6. The van der Waals surface area contributed by atoms with Gasteiger partial charge in [-0.05, 0) is 111 Å². The lowest BCUT2D eigenvalue weighted by atomic mass is 9.44. The monoisotopic (exact) mass is 458 g/mol. The van der Waals surface area contributed by atoms with Crippen molar-refractivity contribution in [2.75, 3.05) is 0 Å². The van der Waals surface area contributed by atoms with Gasteiger partial charge in [-0.3, -0.25) is 4.79 Å². The molecule has 190 valence electrons. The summed E-state index contributed by atoms with van der Waals surface area (Å²) in [5, 5.41) is 0. The van der Waals surface area contributed by atoms with Crippen LogP contribution in [-0.2, 0) is 9.53 Å². The first-order valence-corrected chi connectivity index (χ1v) is 14.9. The average Bonchev–Trinajstić information content (AvgIpc) is 3.11. The largest absolute Gasteiger partial charge is 0.462 e. The Morgan fingerprint density at radius 1 is 0.939 bits per heavy atom. The maximum Gasteiger partial charge on any atom is 0.306 e. The Morgan fingerprint density at radius 2 is 1.73 bits per heavy atom. The quantitative estimate of drug-likeness (QED) is 0.340. The molecule has 0 saturated heterocycles. The van der Waals surface area contributed by atoms with Crippen molar-refractivity contribution in [1.29, 1.82) is 0 Å². The number of hydrogen-bond acceptors (Lipinski definition) is 2. The molecule has 0 amide bonds. The van der Waals surface area contributed by atoms with E-state index in [4.69, 9.17) is 4.74 Å². The lowest BCUT2D eigenvalue weighted by Gasteiger charge is -2.62. The molecule has 4 rings (SSSR count). The first kappa shape index (κ1) is 25.6. The van der Waals surface area contributed by atoms with Crippen molar-refractivity contribution in [3.63, 3.8) is 0 Å². The molecule has 0 radical (unpaired) electrons. The van der Waals surface area contributed by atoms with Gasteiger partial charge in [0.2, 0.25) is 0 Å². The molecule has 9 atom stereocenters. The van der Waals surface area contributed by atoms with Crippen LogP contribution in [0.5, 0.6) is 0 Å². The van der Waals surface area contributed by atoms with Gasteiger partial charge >= 0.3 is 5.97 Å². The highest BCUT2D eigenvalue weighted by molar-refractivity contribution is 5.69. The van der Waals surface area contributed by atoms with Gasteiger partial charge < -0.3 is 4.74 Å². The molecule has 4 aliphatic rings. The highest BCUT2D eigenvalue weighted by atomic mass is 16.5. The molecule has 2 nitrogen and oxygen atoms in total. The Morgan fingerprint density at radius 3 is 2.45 bits per heavy atom. The minimum Gasteiger partial charge on any atom is -0.462 e. The van der Waals surface area contributed by atoms with Crippen molar-refractivity contribution in [3.8, 4) is 0 Å². The molecular formula is C31H54O2. The summed E-state index contributed by atoms with van der Waals surface area (Å²) in [5.74, 6) is 6.00. The Labute approximate surface area is 205 Å². The minimum atomic E-state index is 0.0586. The molecule has 4 saturated carbocycles. The molecule has 33 heavy (non-hydrogen) atoms. The number of esters is 1. The molecule has 0 heterocycles. The van der Waals surface area contributed by atoms with Crippen molar-refractivity contribution in [3.05, 3.63) is 0 Å². The zero-order valence-electron chi connectivity index (χ0n) is 22.8. The maximum absolute atomic E-state index is 12.5. The Balaban J connectivity index is 1.50. The normalized spacial score (nSPS) is 43.5. The number of hydrogen-bond donors (Lipinski definition) is 0. The molecule has 1 unspecified atom stereocenters. The molecule has 0 bridgehead atoms. The predicted octanol–water partition coefficient (Wildman–Crippen LogP) is 8.82. The summed E-state index contributed by atoms with van der Waals surface area (Å²) in [7, 11) is 0. The second kappa shape index (κ2) is 10.2. The van der Waals surface area contributed by atoms with E-state index in [1.54, 1.807) is 0 Å². The standard InChI is InChI=1S/C31H54O2/c1-7-10-29(32)33-28-14-9-13-23-15-16-24-26-18-17-25(22(4)12-8-11-21(2)3)30(26,5)20-19-27(24)31(23,28)6/h21-28H,7-20H2,1-6H3/t22-,23+,24+,25-,26-,27-,28?,30+,31-/m0/s1. The molecule has 0 aromatic rings. The van der Waals surface area contributed by atoms with Gasteiger partial charge in [0.05, 0.1) is 0 Å². The topological polar surface area (TPSA) is 26.3 Å². The summed E-state index contributed by atoms with van der Waals surface area (Å²) >= 11 is 0. The highest BCUT2D eigenvalue weighted by Gasteiger charge is 2.62. The number of ether oxygens (including phenoxy) is 1. The van der Waals surface area contributed by atoms with Crippen LogP contribution < -0.4 is 0 Å². The molecule has 0 N–H and O–H groups in total. The smallest absolute Gasteiger partial charge is 0.306 e. The van der Waals surface area contributed by atoms with Gasteiger partial charge in [0.15, 0.2) is 0 Å². The van der Waals surface area contributed by atoms with E-state index in [0.717, 1.165) is 54.3 Å². The fourth-order valence-corrected chi connectivity index (χ4v) is 9.92. The van der Waals surface area contributed by atoms with Gasteiger partial charge in [-0.25, -0.2) is 0 Å². The first-order chi connectivity index (χ1) is 15.7. The summed E-state index contributed by atoms with van der Waals surface area (Å²) in [5.41, 5.74) is 0.761. The Kier molecular flexibility index (Phi) is 7.92. The number of carbonyl (C=O) groups excluding carboxylic acids is 1. The SMILES string of the molecule is CCCC(=O)OC1CCC[C@@H]2CC[C@@H]3[C@@H]4CC[C@@H]([C@@H](C)CCCC(C)C)[C@@]4(C)CC[C@@H]3[C@@]12C. The molecule has 0 aromatic carbocycles. The van der Waals surface area contributed by atoms with E-state index in [9.17, 15) is 4.79 Å². The summed E-state index contributed by atoms with van der Waals surface area (Å²) in [6.07, 6.45) is 18.1. The third kappa shape index (κ3) is 4.67. The van der Waals surface area contributed by atoms with Crippen LogP contribution in [0.25, 0.3) is 0 Å². The Hall–Kier alpha value is -0.530. The van der Waals surface area contributed by atoms with Crippen molar-refractivity contribution in [2.45, 2.75) is 138 Å². The van der Waals surface area contributed by atoms with Crippen molar-refractivity contribution >= 4 is 5.97 Å². The zero-order valence-corrected chi connectivity index (χ0v) is 22.8. The predicted molar refractivity (Wildman–Crippen MR) is 138 cm³/mol. The van der Waals surface area contributed by atoms with Crippen LogP contribution in [0, 0.1) is 52.3 Å². The molecule has 0 aromatic heterocycles. The minimum absolute atomic E-state index is 0.0586. The van der Waals surface area contributed by atoms with Gasteiger partial charge in [-0.2, -0.15) is 0 Å². The van der Waals surface area contributed by atoms with E-state index in [-0.39, 0.29) is 17.5 Å². The molecule has 2 heteroatoms. The second-order valence-electron chi connectivity index (χ2n) is 13.7. The van der Waals surface area contributed by atoms with Crippen molar-refractivity contribution < 1.29 is 9.53 Å². The van der Waals surface area contributed by atoms with Crippen molar-refractivity contribution in [2.24, 2.45) is 52.3 Å². The molecule has 4 fully saturated rings. The number of carbonyl (C=O) groups is 1. The third-order valence-corrected chi connectivity index (χ3v) is 11.6. The van der Waals surface area contributed by atoms with Gasteiger partial charge in [0.1, 0.15) is 6.10 Å². The van der Waals surface area contributed by atoms with E-state index in [0.29, 0.717) is 11.8 Å². The van der Waals surface area contributed by atoms with Crippen LogP contribution in [0.1, 0.15) is 131 Å². The van der Waals surface area contributed by atoms with Crippen molar-refractivity contribution in [1.82, 2.24) is 0 Å². The summed E-state index contributed by atoms with van der Waals surface area (Å²) in [4.78, 5) is 12.5. The summed E-state index contributed by atoms with van der Waals surface area (Å²) in [6.45, 7) is 14.7. The Bertz CT molecular complexity index is 670. The lowest BCUT2D eigenvalue weighted by Crippen LogP contribution is -2.58. The van der Waals surface area contributed by atoms with Gasteiger partial charge in [0, 0.05) is 11.8 Å². The zero-order chi connectivity index (χ0) is 23.8. The average molecular weight is 459 g/mol. The van der Waals surface area contributed by atoms with Crippen LogP contribution in [0.4, 0.5) is 0 Å². The molecule has 4 aliphatic carbocycles. The molecule has 0 aliphatic heterocycles. The van der Waals surface area contributed by atoms with Gasteiger partial charge in [-0.15, -0.1) is 0 Å². The summed E-state index contributed by atoms with van der Waals surface area (Å²) in [6, 6.07) is 0. The van der Waals surface area contributed by atoms with Crippen LogP contribution in [0.2, 0.25) is 0 Å². The molecule has 0 spiro atoms. The van der Waals surface area contributed by atoms with Crippen LogP contribution in [0.15, 0.2) is 0 Å². The van der Waals surface area contributed by atoms with Crippen LogP contribution in [0.3, 0.4) is 0 Å². The van der Waals surface area contributed by atoms with E-state index in [2.05, 4.69) is 41.5 Å². The van der Waals surface area contributed by atoms with E-state index in [1.165, 1.54) is 70.6 Å². The van der Waals surface area contributed by atoms with E-state index >= 15 is 0 Å². The van der Waals surface area contributed by atoms with Crippen LogP contribution in [-0.4, -0.2) is 12.1 Å².